The molecule has 2 aromatic rings. The van der Waals surface area contributed by atoms with E-state index in [1.807, 2.05) is 10.7 Å². The quantitative estimate of drug-likeness (QED) is 0.903. The van der Waals surface area contributed by atoms with E-state index >= 15 is 0 Å². The highest BCUT2D eigenvalue weighted by Gasteiger charge is 2.20. The van der Waals surface area contributed by atoms with Crippen LogP contribution in [0.25, 0.3) is 0 Å². The molecule has 2 aromatic heterocycles. The summed E-state index contributed by atoms with van der Waals surface area (Å²) in [7, 11) is 1.65. The molecule has 0 amide bonds. The van der Waals surface area contributed by atoms with E-state index < -0.39 is 0 Å². The van der Waals surface area contributed by atoms with Crippen molar-refractivity contribution in [1.82, 2.24) is 14.8 Å². The highest BCUT2D eigenvalue weighted by Crippen LogP contribution is 2.30. The second-order valence-electron chi connectivity index (χ2n) is 3.97. The summed E-state index contributed by atoms with van der Waals surface area (Å²) in [4.78, 5) is 3.96. The molecule has 1 atom stereocenters. The van der Waals surface area contributed by atoms with E-state index in [4.69, 9.17) is 22.1 Å². The molecule has 0 aromatic carbocycles. The van der Waals surface area contributed by atoms with Crippen LogP contribution in [0.1, 0.15) is 17.3 Å². The SMILES string of the molecule is COCCn1ncc(Br)c1C(N)c1ccncc1Cl. The third kappa shape index (κ3) is 3.14. The Kier molecular flexibility index (Phi) is 4.93. The number of hydrogen-bond donors (Lipinski definition) is 1. The first-order valence-electron chi connectivity index (χ1n) is 5.70. The van der Waals surface area contributed by atoms with Crippen molar-refractivity contribution in [2.45, 2.75) is 12.6 Å². The second kappa shape index (κ2) is 6.47. The molecule has 0 bridgehead atoms. The molecule has 2 rings (SSSR count). The minimum atomic E-state index is -0.371. The number of nitrogens with two attached hydrogens (primary N) is 1. The van der Waals surface area contributed by atoms with Gasteiger partial charge in [-0.15, -0.1) is 0 Å². The first kappa shape index (κ1) is 14.5. The Balaban J connectivity index is 2.35. The van der Waals surface area contributed by atoms with Gasteiger partial charge < -0.3 is 10.5 Å². The summed E-state index contributed by atoms with van der Waals surface area (Å²) in [6, 6.07) is 1.44. The van der Waals surface area contributed by atoms with Crippen molar-refractivity contribution in [3.05, 3.63) is 45.4 Å². The Bertz CT molecular complexity index is 560. The Hall–Kier alpha value is -0.950. The summed E-state index contributed by atoms with van der Waals surface area (Å²) >= 11 is 9.60. The van der Waals surface area contributed by atoms with Crippen LogP contribution in [0.4, 0.5) is 0 Å². The predicted molar refractivity (Wildman–Crippen MR) is 77.1 cm³/mol. The van der Waals surface area contributed by atoms with E-state index in [1.54, 1.807) is 25.7 Å². The monoisotopic (exact) mass is 344 g/mol. The number of rotatable bonds is 5. The molecule has 5 nitrogen and oxygen atoms in total. The van der Waals surface area contributed by atoms with Crippen molar-refractivity contribution in [3.8, 4) is 0 Å². The molecule has 2 N–H and O–H groups in total. The zero-order valence-corrected chi connectivity index (χ0v) is 12.7. The van der Waals surface area contributed by atoms with Crippen LogP contribution < -0.4 is 5.73 Å². The molecule has 0 saturated heterocycles. The number of halogens is 2. The molecule has 102 valence electrons. The summed E-state index contributed by atoms with van der Waals surface area (Å²) in [6.07, 6.45) is 4.98. The molecule has 1 unspecified atom stereocenters. The van der Waals surface area contributed by atoms with Crippen LogP contribution >= 0.6 is 27.5 Å². The first-order valence-corrected chi connectivity index (χ1v) is 6.87. The van der Waals surface area contributed by atoms with Gasteiger partial charge in [-0.25, -0.2) is 0 Å². The first-order chi connectivity index (χ1) is 9.15. The van der Waals surface area contributed by atoms with Gasteiger partial charge in [0.05, 0.1) is 40.6 Å². The van der Waals surface area contributed by atoms with Gasteiger partial charge in [0, 0.05) is 19.5 Å². The third-order valence-corrected chi connectivity index (χ3v) is 3.70. The van der Waals surface area contributed by atoms with E-state index in [0.717, 1.165) is 15.7 Å². The average molecular weight is 346 g/mol. The zero-order valence-electron chi connectivity index (χ0n) is 10.4. The van der Waals surface area contributed by atoms with Gasteiger partial charge in [0.25, 0.3) is 0 Å². The lowest BCUT2D eigenvalue weighted by Crippen LogP contribution is -2.20. The number of aromatic nitrogens is 3. The molecule has 0 aliphatic carbocycles. The molecule has 0 aliphatic rings. The van der Waals surface area contributed by atoms with E-state index in [2.05, 4.69) is 26.0 Å². The summed E-state index contributed by atoms with van der Waals surface area (Å²) in [6.45, 7) is 1.20. The molecular formula is C12H14BrClN4O. The van der Waals surface area contributed by atoms with Gasteiger partial charge in [-0.2, -0.15) is 5.10 Å². The Morgan fingerprint density at radius 2 is 2.32 bits per heavy atom. The van der Waals surface area contributed by atoms with Gasteiger partial charge in [0.15, 0.2) is 0 Å². The molecule has 2 heterocycles. The van der Waals surface area contributed by atoms with Gasteiger partial charge in [0.1, 0.15) is 0 Å². The largest absolute Gasteiger partial charge is 0.383 e. The molecule has 0 radical (unpaired) electrons. The molecule has 19 heavy (non-hydrogen) atoms. The highest BCUT2D eigenvalue weighted by molar-refractivity contribution is 9.10. The number of hydrogen-bond acceptors (Lipinski definition) is 4. The van der Waals surface area contributed by atoms with Crippen LogP contribution in [0.2, 0.25) is 5.02 Å². The van der Waals surface area contributed by atoms with Gasteiger partial charge in [-0.3, -0.25) is 9.67 Å². The Morgan fingerprint density at radius 3 is 3.00 bits per heavy atom. The Labute approximate surface area is 124 Å². The second-order valence-corrected chi connectivity index (χ2v) is 5.23. The number of methoxy groups -OCH3 is 1. The van der Waals surface area contributed by atoms with Crippen LogP contribution in [0.3, 0.4) is 0 Å². The lowest BCUT2D eigenvalue weighted by atomic mass is 10.1. The fraction of sp³-hybridized carbons (Fsp3) is 0.333. The van der Waals surface area contributed by atoms with Crippen molar-refractivity contribution in [2.24, 2.45) is 5.73 Å². The summed E-state index contributed by atoms with van der Waals surface area (Å²) < 4.78 is 7.73. The predicted octanol–water partition coefficient (Wildman–Crippen LogP) is 2.39. The van der Waals surface area contributed by atoms with Crippen molar-refractivity contribution in [1.29, 1.82) is 0 Å². The number of pyridine rings is 1. The molecule has 0 fully saturated rings. The number of nitrogens with zero attached hydrogens (tertiary/aromatic N) is 3. The average Bonchev–Trinajstić information content (AvgIpc) is 2.77. The minimum absolute atomic E-state index is 0.371. The maximum atomic E-state index is 6.29. The van der Waals surface area contributed by atoms with Crippen molar-refractivity contribution in [3.63, 3.8) is 0 Å². The van der Waals surface area contributed by atoms with Crippen LogP contribution in [0.15, 0.2) is 29.1 Å². The lowest BCUT2D eigenvalue weighted by molar-refractivity contribution is 0.182. The maximum absolute atomic E-state index is 6.29. The highest BCUT2D eigenvalue weighted by atomic mass is 79.9. The standard InChI is InChI=1S/C12H14BrClN4O/c1-19-5-4-18-12(9(13)6-17-18)11(15)8-2-3-16-7-10(8)14/h2-3,6-7,11H,4-5,15H2,1H3. The Morgan fingerprint density at radius 1 is 1.53 bits per heavy atom. The fourth-order valence-electron chi connectivity index (χ4n) is 1.82. The summed E-state index contributed by atoms with van der Waals surface area (Å²) in [5.74, 6) is 0. The summed E-state index contributed by atoms with van der Waals surface area (Å²) in [5, 5.41) is 4.82. The van der Waals surface area contributed by atoms with Crippen molar-refractivity contribution >= 4 is 27.5 Å². The van der Waals surface area contributed by atoms with Crippen LogP contribution in [0, 0.1) is 0 Å². The van der Waals surface area contributed by atoms with E-state index in [9.17, 15) is 0 Å². The van der Waals surface area contributed by atoms with Gasteiger partial charge >= 0.3 is 0 Å². The van der Waals surface area contributed by atoms with Crippen LogP contribution in [0.5, 0.6) is 0 Å². The summed E-state index contributed by atoms with van der Waals surface area (Å²) in [5.41, 5.74) is 7.97. The van der Waals surface area contributed by atoms with Gasteiger partial charge in [-0.1, -0.05) is 11.6 Å². The molecule has 0 saturated carbocycles. The van der Waals surface area contributed by atoms with Crippen LogP contribution in [-0.4, -0.2) is 28.5 Å². The molecule has 7 heteroatoms. The lowest BCUT2D eigenvalue weighted by Gasteiger charge is -2.16. The maximum Gasteiger partial charge on any atom is 0.0750 e. The molecule has 0 spiro atoms. The van der Waals surface area contributed by atoms with Crippen LogP contribution in [-0.2, 0) is 11.3 Å². The normalized spacial score (nSPS) is 12.6. The van der Waals surface area contributed by atoms with Gasteiger partial charge in [-0.05, 0) is 27.6 Å². The molecular weight excluding hydrogens is 332 g/mol. The topological polar surface area (TPSA) is 66.0 Å². The van der Waals surface area contributed by atoms with Crippen molar-refractivity contribution in [2.75, 3.05) is 13.7 Å². The fourth-order valence-corrected chi connectivity index (χ4v) is 2.60. The smallest absolute Gasteiger partial charge is 0.0750 e. The number of ether oxygens (including phenoxy) is 1. The minimum Gasteiger partial charge on any atom is -0.383 e. The van der Waals surface area contributed by atoms with E-state index in [-0.39, 0.29) is 6.04 Å². The van der Waals surface area contributed by atoms with E-state index in [0.29, 0.717) is 18.2 Å². The zero-order chi connectivity index (χ0) is 13.8. The van der Waals surface area contributed by atoms with E-state index in [1.165, 1.54) is 0 Å². The van der Waals surface area contributed by atoms with Crippen molar-refractivity contribution < 1.29 is 4.74 Å². The molecule has 0 aliphatic heterocycles. The third-order valence-electron chi connectivity index (χ3n) is 2.77. The van der Waals surface area contributed by atoms with Gasteiger partial charge in [0.2, 0.25) is 0 Å².